The van der Waals surface area contributed by atoms with Crippen molar-refractivity contribution in [1.82, 2.24) is 15.3 Å². The highest BCUT2D eigenvalue weighted by Gasteiger charge is 2.33. The van der Waals surface area contributed by atoms with Crippen molar-refractivity contribution in [3.8, 4) is 11.8 Å². The van der Waals surface area contributed by atoms with Crippen LogP contribution in [0.25, 0.3) is 0 Å². The van der Waals surface area contributed by atoms with Gasteiger partial charge < -0.3 is 19.9 Å². The number of nitrogens with one attached hydrogen (secondary N) is 1. The summed E-state index contributed by atoms with van der Waals surface area (Å²) in [5.41, 5.74) is 0.223. The van der Waals surface area contributed by atoms with Crippen molar-refractivity contribution in [1.29, 1.82) is 0 Å². The van der Waals surface area contributed by atoms with Crippen LogP contribution in [-0.4, -0.2) is 41.4 Å². The van der Waals surface area contributed by atoms with E-state index < -0.39 is 5.60 Å². The number of nitrogens with zero attached hydrogens (tertiary/aromatic N) is 2. The van der Waals surface area contributed by atoms with Gasteiger partial charge in [-0.25, -0.2) is 9.97 Å². The molecule has 1 aliphatic carbocycles. The van der Waals surface area contributed by atoms with Crippen LogP contribution in [0.2, 0.25) is 0 Å². The lowest BCUT2D eigenvalue weighted by Crippen LogP contribution is -2.46. The minimum atomic E-state index is -0.546. The summed E-state index contributed by atoms with van der Waals surface area (Å²) in [6.45, 7) is 1.07. The molecule has 2 rings (SSSR count). The minimum Gasteiger partial charge on any atom is -0.481 e. The molecule has 0 atom stereocenters. The predicted octanol–water partition coefficient (Wildman–Crippen LogP) is 0.498. The Kier molecular flexibility index (Phi) is 3.98. The van der Waals surface area contributed by atoms with Crippen LogP contribution in [0.4, 0.5) is 0 Å². The summed E-state index contributed by atoms with van der Waals surface area (Å²) >= 11 is 0. The molecule has 1 saturated carbocycles. The molecule has 0 bridgehead atoms. The van der Waals surface area contributed by atoms with Crippen molar-refractivity contribution in [3.05, 3.63) is 11.9 Å². The second-order valence-electron chi connectivity index (χ2n) is 4.55. The molecule has 2 N–H and O–H groups in total. The van der Waals surface area contributed by atoms with Gasteiger partial charge in [-0.15, -0.1) is 0 Å². The summed E-state index contributed by atoms with van der Waals surface area (Å²) in [5.74, 6) is 0.991. The van der Waals surface area contributed by atoms with Gasteiger partial charge in [-0.2, -0.15) is 0 Å². The van der Waals surface area contributed by atoms with Gasteiger partial charge in [0.25, 0.3) is 0 Å². The number of ether oxygens (including phenoxy) is 2. The molecule has 6 nitrogen and oxygen atoms in total. The highest BCUT2D eigenvalue weighted by atomic mass is 16.5. The molecule has 0 unspecified atom stereocenters. The maximum absolute atomic E-state index is 9.98. The maximum Gasteiger partial charge on any atom is 0.224 e. The third kappa shape index (κ3) is 2.70. The van der Waals surface area contributed by atoms with Gasteiger partial charge in [0.1, 0.15) is 6.33 Å². The second-order valence-corrected chi connectivity index (χ2v) is 4.55. The van der Waals surface area contributed by atoms with Gasteiger partial charge in [0, 0.05) is 13.1 Å². The number of aromatic nitrogens is 2. The van der Waals surface area contributed by atoms with Crippen molar-refractivity contribution in [2.45, 2.75) is 31.4 Å². The molecule has 0 spiro atoms. The molecule has 18 heavy (non-hydrogen) atoms. The average Bonchev–Trinajstić information content (AvgIpc) is 2.36. The van der Waals surface area contributed by atoms with Crippen molar-refractivity contribution >= 4 is 0 Å². The lowest BCUT2D eigenvalue weighted by Gasteiger charge is -2.36. The molecule has 1 aromatic heterocycles. The van der Waals surface area contributed by atoms with Crippen LogP contribution < -0.4 is 14.8 Å². The van der Waals surface area contributed by atoms with E-state index >= 15 is 0 Å². The van der Waals surface area contributed by atoms with Gasteiger partial charge in [0.2, 0.25) is 11.8 Å². The quantitative estimate of drug-likeness (QED) is 0.768. The fourth-order valence-electron chi connectivity index (χ4n) is 2.07. The first kappa shape index (κ1) is 13.0. The first-order valence-electron chi connectivity index (χ1n) is 6.03. The van der Waals surface area contributed by atoms with E-state index in [1.807, 2.05) is 0 Å². The molecule has 1 heterocycles. The van der Waals surface area contributed by atoms with Crippen LogP contribution in [0.5, 0.6) is 11.8 Å². The molecule has 0 amide bonds. The molecule has 1 aromatic rings. The van der Waals surface area contributed by atoms with Gasteiger partial charge in [-0.3, -0.25) is 0 Å². The summed E-state index contributed by atoms with van der Waals surface area (Å²) in [6.07, 6.45) is 4.22. The highest BCUT2D eigenvalue weighted by Crippen LogP contribution is 2.31. The molecule has 100 valence electrons. The summed E-state index contributed by atoms with van der Waals surface area (Å²) in [7, 11) is 3.12. The summed E-state index contributed by atoms with van der Waals surface area (Å²) in [6, 6.07) is 0. The number of methoxy groups -OCH3 is 2. The fourth-order valence-corrected chi connectivity index (χ4v) is 2.07. The zero-order valence-corrected chi connectivity index (χ0v) is 10.8. The number of hydrogen-bond donors (Lipinski definition) is 2. The molecule has 1 fully saturated rings. The SMILES string of the molecule is COc1ncnc(OC)c1CNCC1(O)CCC1. The maximum atomic E-state index is 9.98. The van der Waals surface area contributed by atoms with E-state index in [1.165, 1.54) is 6.33 Å². The van der Waals surface area contributed by atoms with E-state index in [0.29, 0.717) is 24.8 Å². The first-order valence-corrected chi connectivity index (χ1v) is 6.03. The Morgan fingerprint density at radius 3 is 2.33 bits per heavy atom. The molecule has 6 heteroatoms. The molecule has 1 aliphatic rings. The summed E-state index contributed by atoms with van der Waals surface area (Å²) in [4.78, 5) is 8.08. The smallest absolute Gasteiger partial charge is 0.224 e. The number of aliphatic hydroxyl groups is 1. The van der Waals surface area contributed by atoms with Crippen LogP contribution in [0.3, 0.4) is 0 Å². The Morgan fingerprint density at radius 1 is 1.28 bits per heavy atom. The van der Waals surface area contributed by atoms with E-state index in [2.05, 4.69) is 15.3 Å². The zero-order valence-electron chi connectivity index (χ0n) is 10.8. The van der Waals surface area contributed by atoms with Crippen LogP contribution in [-0.2, 0) is 6.54 Å². The van der Waals surface area contributed by atoms with E-state index in [0.717, 1.165) is 24.8 Å². The summed E-state index contributed by atoms with van der Waals surface area (Å²) in [5, 5.41) is 13.2. The number of hydrogen-bond acceptors (Lipinski definition) is 6. The Balaban J connectivity index is 1.98. The predicted molar refractivity (Wildman–Crippen MR) is 65.6 cm³/mol. The van der Waals surface area contributed by atoms with Gasteiger partial charge >= 0.3 is 0 Å². The lowest BCUT2D eigenvalue weighted by atomic mass is 9.80. The zero-order chi connectivity index (χ0) is 13.0. The molecule has 0 aliphatic heterocycles. The first-order chi connectivity index (χ1) is 8.68. The largest absolute Gasteiger partial charge is 0.481 e. The third-order valence-corrected chi connectivity index (χ3v) is 3.29. The topological polar surface area (TPSA) is 76.5 Å². The monoisotopic (exact) mass is 253 g/mol. The Bertz CT molecular complexity index is 385. The van der Waals surface area contributed by atoms with Crippen LogP contribution >= 0.6 is 0 Å². The minimum absolute atomic E-state index is 0.495. The van der Waals surface area contributed by atoms with E-state index in [4.69, 9.17) is 9.47 Å². The van der Waals surface area contributed by atoms with Crippen molar-refractivity contribution in [2.24, 2.45) is 0 Å². The summed E-state index contributed by atoms with van der Waals surface area (Å²) < 4.78 is 10.4. The third-order valence-electron chi connectivity index (χ3n) is 3.29. The van der Waals surface area contributed by atoms with E-state index in [1.54, 1.807) is 14.2 Å². The second kappa shape index (κ2) is 5.49. The molecule has 0 saturated heterocycles. The molecular formula is C12H19N3O3. The van der Waals surface area contributed by atoms with Gasteiger partial charge in [0.15, 0.2) is 0 Å². The Morgan fingerprint density at radius 2 is 1.89 bits per heavy atom. The van der Waals surface area contributed by atoms with Gasteiger partial charge in [-0.1, -0.05) is 0 Å². The number of rotatable bonds is 6. The Hall–Kier alpha value is -1.40. The normalized spacial score (nSPS) is 17.1. The standard InChI is InChI=1S/C12H19N3O3/c1-17-10-9(11(18-2)15-8-14-10)6-13-7-12(16)4-3-5-12/h8,13,16H,3-7H2,1-2H3. The van der Waals surface area contributed by atoms with Crippen LogP contribution in [0, 0.1) is 0 Å². The van der Waals surface area contributed by atoms with Gasteiger partial charge in [-0.05, 0) is 19.3 Å². The van der Waals surface area contributed by atoms with Gasteiger partial charge in [0.05, 0.1) is 25.4 Å². The highest BCUT2D eigenvalue weighted by molar-refractivity contribution is 5.34. The van der Waals surface area contributed by atoms with Crippen LogP contribution in [0.1, 0.15) is 24.8 Å². The van der Waals surface area contributed by atoms with Crippen molar-refractivity contribution in [3.63, 3.8) is 0 Å². The van der Waals surface area contributed by atoms with Crippen LogP contribution in [0.15, 0.2) is 6.33 Å². The fraction of sp³-hybridized carbons (Fsp3) is 0.667. The average molecular weight is 253 g/mol. The Labute approximate surface area is 106 Å². The van der Waals surface area contributed by atoms with E-state index in [9.17, 15) is 5.11 Å². The van der Waals surface area contributed by atoms with E-state index in [-0.39, 0.29) is 0 Å². The molecule has 0 radical (unpaired) electrons. The van der Waals surface area contributed by atoms with Crippen molar-refractivity contribution in [2.75, 3.05) is 20.8 Å². The molecular weight excluding hydrogens is 234 g/mol. The lowest BCUT2D eigenvalue weighted by molar-refractivity contribution is -0.0315. The molecule has 0 aromatic carbocycles. The van der Waals surface area contributed by atoms with Crippen molar-refractivity contribution < 1.29 is 14.6 Å².